The minimum Gasteiger partial charge on any atom is -0.478 e. The van der Waals surface area contributed by atoms with E-state index in [2.05, 4.69) is 0 Å². The van der Waals surface area contributed by atoms with Crippen LogP contribution in [0.1, 0.15) is 10.4 Å². The van der Waals surface area contributed by atoms with Crippen LogP contribution in [0.2, 0.25) is 10.0 Å². The lowest BCUT2D eigenvalue weighted by Crippen LogP contribution is -1.94. The minimum atomic E-state index is -1.02. The number of carboxylic acids is 1. The zero-order chi connectivity index (χ0) is 15.6. The third-order valence-electron chi connectivity index (χ3n) is 2.52. The summed E-state index contributed by atoms with van der Waals surface area (Å²) < 4.78 is 0. The van der Waals surface area contributed by atoms with E-state index in [1.165, 1.54) is 36.0 Å². The first kappa shape index (κ1) is 15.6. The van der Waals surface area contributed by atoms with Crippen LogP contribution in [0.3, 0.4) is 0 Å². The molecule has 0 saturated heterocycles. The number of hydrogen-bond acceptors (Lipinski definition) is 4. The second-order valence-corrected chi connectivity index (χ2v) is 5.83. The number of nitrogens with zero attached hydrogens (tertiary/aromatic N) is 1. The van der Waals surface area contributed by atoms with Crippen LogP contribution < -0.4 is 0 Å². The molecule has 0 fully saturated rings. The molecule has 0 aromatic heterocycles. The molecule has 0 atom stereocenters. The number of aromatic carboxylic acids is 1. The predicted octanol–water partition coefficient (Wildman–Crippen LogP) is 4.75. The Hall–Kier alpha value is -1.76. The molecule has 0 aliphatic carbocycles. The average molecular weight is 344 g/mol. The molecule has 2 aromatic carbocycles. The van der Waals surface area contributed by atoms with Crippen LogP contribution in [-0.4, -0.2) is 16.0 Å². The molecule has 0 amide bonds. The summed E-state index contributed by atoms with van der Waals surface area (Å²) in [5.74, 6) is -1.02. The minimum absolute atomic E-state index is 0.167. The van der Waals surface area contributed by atoms with Gasteiger partial charge in [-0.05, 0) is 24.3 Å². The van der Waals surface area contributed by atoms with Crippen molar-refractivity contribution < 1.29 is 14.8 Å². The summed E-state index contributed by atoms with van der Waals surface area (Å²) in [5, 5.41) is 19.9. The van der Waals surface area contributed by atoms with Gasteiger partial charge in [-0.1, -0.05) is 35.0 Å². The van der Waals surface area contributed by atoms with Crippen molar-refractivity contribution in [3.63, 3.8) is 0 Å². The monoisotopic (exact) mass is 343 g/mol. The summed E-state index contributed by atoms with van der Waals surface area (Å²) in [4.78, 5) is 22.1. The Kier molecular flexibility index (Phi) is 4.72. The van der Waals surface area contributed by atoms with Crippen molar-refractivity contribution in [2.24, 2.45) is 0 Å². The Bertz CT molecular complexity index is 696. The van der Waals surface area contributed by atoms with Crippen LogP contribution in [0, 0.1) is 10.1 Å². The molecule has 0 heterocycles. The van der Waals surface area contributed by atoms with Crippen molar-refractivity contribution in [2.75, 3.05) is 0 Å². The molecule has 0 radical (unpaired) electrons. The van der Waals surface area contributed by atoms with E-state index < -0.39 is 10.9 Å². The van der Waals surface area contributed by atoms with E-state index in [4.69, 9.17) is 28.3 Å². The highest BCUT2D eigenvalue weighted by Crippen LogP contribution is 2.40. The molecule has 2 rings (SSSR count). The van der Waals surface area contributed by atoms with Crippen LogP contribution >= 0.6 is 35.0 Å². The van der Waals surface area contributed by atoms with E-state index in [0.717, 1.165) is 4.90 Å². The summed E-state index contributed by atoms with van der Waals surface area (Å²) >= 11 is 13.2. The number of nitro benzene ring substituents is 1. The van der Waals surface area contributed by atoms with E-state index >= 15 is 0 Å². The largest absolute Gasteiger partial charge is 0.478 e. The second kappa shape index (κ2) is 6.34. The Labute approximate surface area is 133 Å². The molecule has 0 unspecified atom stereocenters. The molecule has 0 bridgehead atoms. The van der Waals surface area contributed by atoms with Crippen molar-refractivity contribution in [1.82, 2.24) is 0 Å². The number of carboxylic acid groups (broad SMARTS) is 1. The maximum absolute atomic E-state index is 10.8. The molecule has 2 aromatic rings. The van der Waals surface area contributed by atoms with Gasteiger partial charge >= 0.3 is 5.97 Å². The van der Waals surface area contributed by atoms with Crippen molar-refractivity contribution >= 4 is 46.6 Å². The van der Waals surface area contributed by atoms with E-state index in [-0.39, 0.29) is 21.3 Å². The SMILES string of the molecule is O=C(O)c1ccc(Sc2c(Cl)cc([N+](=O)[O-])cc2Cl)cc1. The summed E-state index contributed by atoms with van der Waals surface area (Å²) in [5.41, 5.74) is -0.0178. The number of halogens is 2. The first-order chi connectivity index (χ1) is 9.88. The van der Waals surface area contributed by atoms with Crippen LogP contribution in [0.15, 0.2) is 46.2 Å². The zero-order valence-electron chi connectivity index (χ0n) is 10.2. The van der Waals surface area contributed by atoms with Gasteiger partial charge in [0.05, 0.1) is 20.5 Å². The van der Waals surface area contributed by atoms with Gasteiger partial charge in [0, 0.05) is 21.9 Å². The van der Waals surface area contributed by atoms with Crippen molar-refractivity contribution in [3.05, 3.63) is 62.1 Å². The second-order valence-electron chi connectivity index (χ2n) is 3.93. The van der Waals surface area contributed by atoms with E-state index in [0.29, 0.717) is 4.90 Å². The highest BCUT2D eigenvalue weighted by Gasteiger charge is 2.15. The third kappa shape index (κ3) is 3.66. The fourth-order valence-corrected chi connectivity index (χ4v) is 3.06. The Morgan fingerprint density at radius 3 is 2.10 bits per heavy atom. The van der Waals surface area contributed by atoms with Gasteiger partial charge in [0.2, 0.25) is 0 Å². The Balaban J connectivity index is 2.31. The van der Waals surface area contributed by atoms with Gasteiger partial charge in [-0.2, -0.15) is 0 Å². The number of benzene rings is 2. The molecule has 0 aliphatic heterocycles. The Morgan fingerprint density at radius 1 is 1.14 bits per heavy atom. The summed E-state index contributed by atoms with van der Waals surface area (Å²) in [7, 11) is 0. The van der Waals surface area contributed by atoms with Crippen molar-refractivity contribution in [1.29, 1.82) is 0 Å². The highest BCUT2D eigenvalue weighted by atomic mass is 35.5. The molecule has 8 heteroatoms. The quantitative estimate of drug-likeness (QED) is 0.639. The van der Waals surface area contributed by atoms with Crippen LogP contribution in [-0.2, 0) is 0 Å². The molecule has 108 valence electrons. The number of non-ortho nitro benzene ring substituents is 1. The van der Waals surface area contributed by atoms with Crippen molar-refractivity contribution in [2.45, 2.75) is 9.79 Å². The number of nitro groups is 1. The number of carbonyl (C=O) groups is 1. The molecule has 5 nitrogen and oxygen atoms in total. The van der Waals surface area contributed by atoms with E-state index in [1.807, 2.05) is 0 Å². The predicted molar refractivity (Wildman–Crippen MR) is 80.6 cm³/mol. The van der Waals surface area contributed by atoms with Crippen molar-refractivity contribution in [3.8, 4) is 0 Å². The molecule has 21 heavy (non-hydrogen) atoms. The fourth-order valence-electron chi connectivity index (χ4n) is 1.53. The van der Waals surface area contributed by atoms with Gasteiger partial charge in [0.15, 0.2) is 0 Å². The fraction of sp³-hybridized carbons (Fsp3) is 0. The molecule has 0 aliphatic rings. The third-order valence-corrected chi connectivity index (χ3v) is 4.49. The van der Waals surface area contributed by atoms with Gasteiger partial charge < -0.3 is 5.11 Å². The smallest absolute Gasteiger partial charge is 0.335 e. The maximum Gasteiger partial charge on any atom is 0.335 e. The highest BCUT2D eigenvalue weighted by molar-refractivity contribution is 7.99. The standard InChI is InChI=1S/C13H7Cl2NO4S/c14-10-5-8(16(19)20)6-11(15)12(10)21-9-3-1-7(2-4-9)13(17)18/h1-6H,(H,17,18). The Morgan fingerprint density at radius 2 is 1.67 bits per heavy atom. The van der Waals surface area contributed by atoms with Gasteiger partial charge in [-0.3, -0.25) is 10.1 Å². The van der Waals surface area contributed by atoms with Crippen LogP contribution in [0.5, 0.6) is 0 Å². The van der Waals surface area contributed by atoms with Gasteiger partial charge in [0.25, 0.3) is 5.69 Å². The summed E-state index contributed by atoms with van der Waals surface area (Å²) in [6, 6.07) is 8.59. The lowest BCUT2D eigenvalue weighted by Gasteiger charge is -2.07. The maximum atomic E-state index is 10.8. The topological polar surface area (TPSA) is 80.4 Å². The lowest BCUT2D eigenvalue weighted by atomic mass is 10.2. The van der Waals surface area contributed by atoms with Gasteiger partial charge in [0.1, 0.15) is 0 Å². The zero-order valence-corrected chi connectivity index (χ0v) is 12.6. The van der Waals surface area contributed by atoms with Gasteiger partial charge in [-0.25, -0.2) is 4.79 Å². The normalized spacial score (nSPS) is 10.4. The molecule has 1 N–H and O–H groups in total. The van der Waals surface area contributed by atoms with E-state index in [1.54, 1.807) is 12.1 Å². The molecular formula is C13H7Cl2NO4S. The van der Waals surface area contributed by atoms with E-state index in [9.17, 15) is 14.9 Å². The van der Waals surface area contributed by atoms with Crippen LogP contribution in [0.25, 0.3) is 0 Å². The van der Waals surface area contributed by atoms with Crippen LogP contribution in [0.4, 0.5) is 5.69 Å². The lowest BCUT2D eigenvalue weighted by molar-refractivity contribution is -0.384. The first-order valence-corrected chi connectivity index (χ1v) is 7.10. The van der Waals surface area contributed by atoms with Gasteiger partial charge in [-0.15, -0.1) is 0 Å². The summed E-state index contributed by atoms with van der Waals surface area (Å²) in [6.45, 7) is 0. The summed E-state index contributed by atoms with van der Waals surface area (Å²) in [6.07, 6.45) is 0. The molecule has 0 spiro atoms. The average Bonchev–Trinajstić information content (AvgIpc) is 2.43. The molecule has 0 saturated carbocycles. The first-order valence-electron chi connectivity index (χ1n) is 5.53. The number of hydrogen-bond donors (Lipinski definition) is 1. The molecular weight excluding hydrogens is 337 g/mol. The number of rotatable bonds is 4.